The molecule has 0 amide bonds. The highest BCUT2D eigenvalue weighted by atomic mass is 16.1. The number of pyridine rings is 2. The van der Waals surface area contributed by atoms with Crippen LogP contribution in [0.15, 0.2) is 41.3 Å². The average Bonchev–Trinajstić information content (AvgIpc) is 2.48. The van der Waals surface area contributed by atoms with Crippen LogP contribution in [0.2, 0.25) is 0 Å². The van der Waals surface area contributed by atoms with Gasteiger partial charge >= 0.3 is 0 Å². The van der Waals surface area contributed by atoms with E-state index in [1.54, 1.807) is 6.07 Å². The quantitative estimate of drug-likeness (QED) is 0.900. The van der Waals surface area contributed by atoms with Crippen LogP contribution in [-0.2, 0) is 6.42 Å². The van der Waals surface area contributed by atoms with Gasteiger partial charge in [-0.15, -0.1) is 0 Å². The van der Waals surface area contributed by atoms with Crippen molar-refractivity contribution in [1.29, 1.82) is 0 Å². The highest BCUT2D eigenvalue weighted by molar-refractivity contribution is 5.26. The maximum Gasteiger partial charge on any atom is 0.248 e. The fourth-order valence-electron chi connectivity index (χ4n) is 2.89. The molecule has 4 heteroatoms. The summed E-state index contributed by atoms with van der Waals surface area (Å²) in [6.07, 6.45) is 4.97. The minimum atomic E-state index is -0.0119. The molecule has 1 aliphatic rings. The summed E-state index contributed by atoms with van der Waals surface area (Å²) in [5.41, 5.74) is 3.33. The molecular weight excluding hydrogens is 250 g/mol. The number of hydrogen-bond acceptors (Lipinski definition) is 3. The molecule has 4 nitrogen and oxygen atoms in total. The third kappa shape index (κ3) is 2.65. The molecule has 104 valence electrons. The highest BCUT2D eigenvalue weighted by Gasteiger charge is 2.22. The Morgan fingerprint density at radius 1 is 1.35 bits per heavy atom. The van der Waals surface area contributed by atoms with E-state index in [0.29, 0.717) is 0 Å². The van der Waals surface area contributed by atoms with Gasteiger partial charge < -0.3 is 10.3 Å². The Morgan fingerprint density at radius 2 is 2.25 bits per heavy atom. The Morgan fingerprint density at radius 3 is 3.05 bits per heavy atom. The maximum atomic E-state index is 11.4. The molecule has 0 saturated carbocycles. The minimum Gasteiger partial charge on any atom is -0.326 e. The summed E-state index contributed by atoms with van der Waals surface area (Å²) in [7, 11) is 0. The van der Waals surface area contributed by atoms with Gasteiger partial charge in [0.1, 0.15) is 0 Å². The molecule has 2 atom stereocenters. The van der Waals surface area contributed by atoms with Crippen molar-refractivity contribution in [2.24, 2.45) is 0 Å². The van der Waals surface area contributed by atoms with Crippen LogP contribution in [-0.4, -0.2) is 9.97 Å². The van der Waals surface area contributed by atoms with Crippen LogP contribution in [0, 0.1) is 0 Å². The van der Waals surface area contributed by atoms with Crippen LogP contribution in [0.25, 0.3) is 0 Å². The van der Waals surface area contributed by atoms with Gasteiger partial charge in [-0.3, -0.25) is 9.78 Å². The minimum absolute atomic E-state index is 0.0119. The number of hydrogen-bond donors (Lipinski definition) is 2. The Kier molecular flexibility index (Phi) is 3.65. The van der Waals surface area contributed by atoms with Crippen LogP contribution in [0.1, 0.15) is 48.8 Å². The first kappa shape index (κ1) is 13.1. The zero-order valence-corrected chi connectivity index (χ0v) is 11.6. The first-order valence-corrected chi connectivity index (χ1v) is 7.13. The lowest BCUT2D eigenvalue weighted by atomic mass is 9.90. The molecule has 0 fully saturated rings. The van der Waals surface area contributed by atoms with Crippen molar-refractivity contribution in [3.05, 3.63) is 63.8 Å². The van der Waals surface area contributed by atoms with Crippen LogP contribution in [0.4, 0.5) is 0 Å². The lowest BCUT2D eigenvalue weighted by Gasteiger charge is -2.28. The average molecular weight is 269 g/mol. The summed E-state index contributed by atoms with van der Waals surface area (Å²) in [6.45, 7) is 2.13. The standard InChI is InChI=1S/C16H19N3O/c1-11(13-5-2-3-10-17-13)18-14-6-4-7-15-12(14)8-9-16(20)19-15/h2-3,5,8-11,14,18H,4,6-7H2,1H3,(H,19,20). The maximum absolute atomic E-state index is 11.4. The largest absolute Gasteiger partial charge is 0.326 e. The molecule has 2 aromatic rings. The number of aromatic nitrogens is 2. The van der Waals surface area contributed by atoms with Crippen LogP contribution >= 0.6 is 0 Å². The number of aryl methyl sites for hydroxylation is 1. The van der Waals surface area contributed by atoms with Gasteiger partial charge in [-0.05, 0) is 43.9 Å². The van der Waals surface area contributed by atoms with Crippen molar-refractivity contribution >= 4 is 0 Å². The van der Waals surface area contributed by atoms with Crippen LogP contribution < -0.4 is 10.9 Å². The lowest BCUT2D eigenvalue weighted by Crippen LogP contribution is -2.29. The van der Waals surface area contributed by atoms with Gasteiger partial charge in [-0.25, -0.2) is 0 Å². The number of rotatable bonds is 3. The highest BCUT2D eigenvalue weighted by Crippen LogP contribution is 2.29. The zero-order valence-electron chi connectivity index (χ0n) is 11.6. The second-order valence-electron chi connectivity index (χ2n) is 5.34. The van der Waals surface area contributed by atoms with E-state index in [9.17, 15) is 4.79 Å². The predicted octanol–water partition coefficient (Wildman–Crippen LogP) is 2.50. The summed E-state index contributed by atoms with van der Waals surface area (Å²) in [4.78, 5) is 18.8. The molecule has 0 radical (unpaired) electrons. The van der Waals surface area contributed by atoms with E-state index in [0.717, 1.165) is 30.7 Å². The summed E-state index contributed by atoms with van der Waals surface area (Å²) in [5.74, 6) is 0. The zero-order chi connectivity index (χ0) is 13.9. The van der Waals surface area contributed by atoms with E-state index in [1.807, 2.05) is 30.5 Å². The summed E-state index contributed by atoms with van der Waals surface area (Å²) >= 11 is 0. The monoisotopic (exact) mass is 269 g/mol. The topological polar surface area (TPSA) is 57.8 Å². The van der Waals surface area contributed by atoms with Crippen molar-refractivity contribution in [3.63, 3.8) is 0 Å². The van der Waals surface area contributed by atoms with E-state index in [-0.39, 0.29) is 17.6 Å². The lowest BCUT2D eigenvalue weighted by molar-refractivity contribution is 0.407. The molecule has 0 saturated heterocycles. The van der Waals surface area contributed by atoms with E-state index >= 15 is 0 Å². The van der Waals surface area contributed by atoms with Gasteiger partial charge in [0.15, 0.2) is 0 Å². The smallest absolute Gasteiger partial charge is 0.248 e. The van der Waals surface area contributed by atoms with Gasteiger partial charge in [-0.2, -0.15) is 0 Å². The van der Waals surface area contributed by atoms with Crippen molar-refractivity contribution in [2.75, 3.05) is 0 Å². The van der Waals surface area contributed by atoms with Gasteiger partial charge in [0.05, 0.1) is 5.69 Å². The SMILES string of the molecule is CC(NC1CCCc2[nH]c(=O)ccc21)c1ccccn1. The molecule has 2 unspecified atom stereocenters. The molecule has 0 aromatic carbocycles. The molecule has 0 spiro atoms. The van der Waals surface area contributed by atoms with Crippen molar-refractivity contribution in [1.82, 2.24) is 15.3 Å². The van der Waals surface area contributed by atoms with Gasteiger partial charge in [-0.1, -0.05) is 12.1 Å². The Labute approximate surface area is 118 Å². The second kappa shape index (κ2) is 5.59. The number of nitrogens with zero attached hydrogens (tertiary/aromatic N) is 1. The Balaban J connectivity index is 1.81. The van der Waals surface area contributed by atoms with Crippen molar-refractivity contribution < 1.29 is 0 Å². The molecule has 3 rings (SSSR count). The number of fused-ring (bicyclic) bond motifs is 1. The van der Waals surface area contributed by atoms with Crippen LogP contribution in [0.5, 0.6) is 0 Å². The Hall–Kier alpha value is -1.94. The van der Waals surface area contributed by atoms with E-state index in [2.05, 4.69) is 22.2 Å². The summed E-state index contributed by atoms with van der Waals surface area (Å²) in [5, 5.41) is 3.63. The molecule has 20 heavy (non-hydrogen) atoms. The summed E-state index contributed by atoms with van der Waals surface area (Å²) < 4.78 is 0. The molecule has 1 aliphatic carbocycles. The fourth-order valence-corrected chi connectivity index (χ4v) is 2.89. The van der Waals surface area contributed by atoms with E-state index in [4.69, 9.17) is 0 Å². The number of aromatic amines is 1. The van der Waals surface area contributed by atoms with E-state index in [1.165, 1.54) is 5.56 Å². The summed E-state index contributed by atoms with van der Waals surface area (Å²) in [6, 6.07) is 10.0. The normalized spacial score (nSPS) is 19.4. The molecular formula is C16H19N3O. The third-order valence-corrected chi connectivity index (χ3v) is 3.91. The molecule has 2 aromatic heterocycles. The molecule has 0 aliphatic heterocycles. The molecule has 2 N–H and O–H groups in total. The molecule has 2 heterocycles. The van der Waals surface area contributed by atoms with E-state index < -0.39 is 0 Å². The Bertz CT molecular complexity index is 636. The first-order valence-electron chi connectivity index (χ1n) is 7.13. The van der Waals surface area contributed by atoms with Gasteiger partial charge in [0.25, 0.3) is 0 Å². The second-order valence-corrected chi connectivity index (χ2v) is 5.34. The third-order valence-electron chi connectivity index (χ3n) is 3.91. The van der Waals surface area contributed by atoms with Crippen LogP contribution in [0.3, 0.4) is 0 Å². The van der Waals surface area contributed by atoms with Crippen molar-refractivity contribution in [3.8, 4) is 0 Å². The first-order chi connectivity index (χ1) is 9.74. The number of nitrogens with one attached hydrogen (secondary N) is 2. The van der Waals surface area contributed by atoms with Gasteiger partial charge in [0.2, 0.25) is 5.56 Å². The fraction of sp³-hybridized carbons (Fsp3) is 0.375. The number of H-pyrrole nitrogens is 1. The van der Waals surface area contributed by atoms with Crippen molar-refractivity contribution in [2.45, 2.75) is 38.3 Å². The van der Waals surface area contributed by atoms with Gasteiger partial charge in [0, 0.05) is 30.0 Å². The predicted molar refractivity (Wildman–Crippen MR) is 78.5 cm³/mol. The molecule has 0 bridgehead atoms.